The van der Waals surface area contributed by atoms with E-state index >= 15 is 0 Å². The van der Waals surface area contributed by atoms with E-state index < -0.39 is 11.9 Å². The van der Waals surface area contributed by atoms with Crippen LogP contribution in [-0.2, 0) is 6.18 Å². The third-order valence-corrected chi connectivity index (χ3v) is 8.80. The van der Waals surface area contributed by atoms with Gasteiger partial charge in [0.05, 0.1) is 11.4 Å². The molecule has 3 aromatic heterocycles. The number of aromatic nitrogens is 4. The summed E-state index contributed by atoms with van der Waals surface area (Å²) in [6.07, 6.45) is 6.94. The number of nitrogen functional groups attached to an aromatic ring is 1. The van der Waals surface area contributed by atoms with Gasteiger partial charge in [0.25, 0.3) is 0 Å². The topological polar surface area (TPSA) is 92.8 Å². The monoisotopic (exact) mass is 595 g/mol. The summed E-state index contributed by atoms with van der Waals surface area (Å²) in [5.74, 6) is 2.59. The quantitative estimate of drug-likeness (QED) is 0.194. The maximum absolute atomic E-state index is 13.3. The average Bonchev–Trinajstić information content (AvgIpc) is 3.01. The third-order valence-electron chi connectivity index (χ3n) is 8.80. The molecular weight excluding hydrogens is 551 g/mol. The molecule has 232 valence electrons. The summed E-state index contributed by atoms with van der Waals surface area (Å²) in [4.78, 5) is 19.6. The van der Waals surface area contributed by atoms with Crippen molar-refractivity contribution in [2.75, 3.05) is 24.1 Å². The highest BCUT2D eigenvalue weighted by molar-refractivity contribution is 5.75. The summed E-state index contributed by atoms with van der Waals surface area (Å²) in [6, 6.07) is 9.22. The van der Waals surface area contributed by atoms with Crippen LogP contribution in [-0.4, -0.2) is 44.0 Å². The van der Waals surface area contributed by atoms with Crippen molar-refractivity contribution in [2.45, 2.75) is 77.9 Å². The molecule has 4 atom stereocenters. The van der Waals surface area contributed by atoms with Crippen molar-refractivity contribution < 1.29 is 13.2 Å². The van der Waals surface area contributed by atoms with Crippen LogP contribution in [0, 0.1) is 17.8 Å². The van der Waals surface area contributed by atoms with Crippen LogP contribution in [0.3, 0.4) is 0 Å². The van der Waals surface area contributed by atoms with Crippen LogP contribution in [0.1, 0.15) is 77.1 Å². The number of nitrogens with two attached hydrogens (primary N) is 1. The molecule has 7 nitrogen and oxygen atoms in total. The Balaban J connectivity index is 1.59. The fourth-order valence-corrected chi connectivity index (χ4v) is 6.01. The lowest BCUT2D eigenvalue weighted by atomic mass is 9.76. The van der Waals surface area contributed by atoms with Gasteiger partial charge in [-0.3, -0.25) is 0 Å². The van der Waals surface area contributed by atoms with E-state index in [4.69, 9.17) is 5.73 Å². The van der Waals surface area contributed by atoms with Crippen molar-refractivity contribution in [3.8, 4) is 11.4 Å². The van der Waals surface area contributed by atoms with Crippen molar-refractivity contribution in [1.82, 2.24) is 24.8 Å². The first-order valence-corrected chi connectivity index (χ1v) is 15.4. The molecule has 4 rings (SSSR count). The number of alkyl halides is 3. The molecule has 1 aliphatic rings. The van der Waals surface area contributed by atoms with Gasteiger partial charge in [0, 0.05) is 37.1 Å². The number of pyridine rings is 2. The number of piperidine rings is 1. The minimum absolute atomic E-state index is 0.0417. The van der Waals surface area contributed by atoms with Gasteiger partial charge in [0.2, 0.25) is 0 Å². The number of nitrogens with one attached hydrogen (secondary N) is 1. The molecule has 1 aliphatic heterocycles. The molecule has 0 saturated carbocycles. The van der Waals surface area contributed by atoms with Crippen LogP contribution < -0.4 is 11.1 Å². The van der Waals surface area contributed by atoms with Crippen molar-refractivity contribution in [3.05, 3.63) is 66.8 Å². The van der Waals surface area contributed by atoms with E-state index in [2.05, 4.69) is 57.5 Å². The number of anilines is 2. The van der Waals surface area contributed by atoms with Crippen LogP contribution >= 0.6 is 0 Å². The predicted octanol–water partition coefficient (Wildman–Crippen LogP) is 7.94. The molecule has 1 fully saturated rings. The Bertz CT molecular complexity index is 1330. The summed E-state index contributed by atoms with van der Waals surface area (Å²) in [6.45, 7) is 12.6. The SMILES string of the molecule is C=C(c1nc(N)ccc1-c1ncccn1)N1CC(C(C)C(C)CCCCCC)CCC1CNc1cccc(C(F)(F)F)n1. The second-order valence-corrected chi connectivity index (χ2v) is 11.8. The van der Waals surface area contributed by atoms with Crippen molar-refractivity contribution in [3.63, 3.8) is 0 Å². The van der Waals surface area contributed by atoms with E-state index in [1.54, 1.807) is 30.6 Å². The normalized spacial score (nSPS) is 18.7. The van der Waals surface area contributed by atoms with Crippen molar-refractivity contribution in [2.24, 2.45) is 17.8 Å². The number of unbranched alkanes of at least 4 members (excludes halogenated alkanes) is 3. The Kier molecular flexibility index (Phi) is 11.0. The Morgan fingerprint density at radius 1 is 1.05 bits per heavy atom. The molecule has 3 N–H and O–H groups in total. The summed E-state index contributed by atoms with van der Waals surface area (Å²) in [5, 5.41) is 3.16. The molecule has 0 radical (unpaired) electrons. The van der Waals surface area contributed by atoms with Crippen LogP contribution in [0.15, 0.2) is 55.4 Å². The molecule has 0 spiro atoms. The van der Waals surface area contributed by atoms with Crippen LogP contribution in [0.2, 0.25) is 0 Å². The van der Waals surface area contributed by atoms with Gasteiger partial charge in [-0.1, -0.05) is 65.5 Å². The second-order valence-electron chi connectivity index (χ2n) is 11.8. The zero-order valence-electron chi connectivity index (χ0n) is 25.4. The lowest BCUT2D eigenvalue weighted by Crippen LogP contribution is -2.47. The summed E-state index contributed by atoms with van der Waals surface area (Å²) in [5.41, 5.74) is 7.27. The molecule has 43 heavy (non-hydrogen) atoms. The highest BCUT2D eigenvalue weighted by Gasteiger charge is 2.35. The number of rotatable bonds is 13. The Morgan fingerprint density at radius 3 is 2.53 bits per heavy atom. The van der Waals surface area contributed by atoms with Crippen molar-refractivity contribution >= 4 is 17.3 Å². The predicted molar refractivity (Wildman–Crippen MR) is 167 cm³/mol. The highest BCUT2D eigenvalue weighted by atomic mass is 19.4. The van der Waals surface area contributed by atoms with Gasteiger partial charge < -0.3 is 16.0 Å². The van der Waals surface area contributed by atoms with Crippen LogP contribution in [0.4, 0.5) is 24.8 Å². The van der Waals surface area contributed by atoms with Crippen molar-refractivity contribution in [1.29, 1.82) is 0 Å². The molecule has 3 aromatic rings. The molecule has 1 saturated heterocycles. The zero-order valence-corrected chi connectivity index (χ0v) is 25.4. The van der Waals surface area contributed by atoms with Gasteiger partial charge in [-0.15, -0.1) is 0 Å². The largest absolute Gasteiger partial charge is 0.433 e. The zero-order chi connectivity index (χ0) is 31.0. The van der Waals surface area contributed by atoms with Crippen LogP contribution in [0.5, 0.6) is 0 Å². The Labute approximate surface area is 253 Å². The smallest absolute Gasteiger partial charge is 0.384 e. The number of likely N-dealkylation sites (tertiary alicyclic amines) is 1. The van der Waals surface area contributed by atoms with Gasteiger partial charge in [-0.05, 0) is 60.9 Å². The average molecular weight is 596 g/mol. The van der Waals surface area contributed by atoms with E-state index in [1.165, 1.54) is 38.2 Å². The van der Waals surface area contributed by atoms with E-state index in [-0.39, 0.29) is 11.9 Å². The van der Waals surface area contributed by atoms with Gasteiger partial charge in [0.1, 0.15) is 17.3 Å². The van der Waals surface area contributed by atoms with Gasteiger partial charge >= 0.3 is 6.18 Å². The molecule has 0 amide bonds. The van der Waals surface area contributed by atoms with Gasteiger partial charge in [0.15, 0.2) is 5.82 Å². The number of nitrogens with zero attached hydrogens (tertiary/aromatic N) is 5. The summed E-state index contributed by atoms with van der Waals surface area (Å²) in [7, 11) is 0. The highest BCUT2D eigenvalue weighted by Crippen LogP contribution is 2.38. The lowest BCUT2D eigenvalue weighted by Gasteiger charge is -2.45. The minimum atomic E-state index is -4.51. The first-order chi connectivity index (χ1) is 20.6. The maximum Gasteiger partial charge on any atom is 0.433 e. The van der Waals surface area contributed by atoms with E-state index in [1.807, 2.05) is 6.07 Å². The number of hydrogen-bond donors (Lipinski definition) is 2. The van der Waals surface area contributed by atoms with Gasteiger partial charge in [-0.25, -0.2) is 19.9 Å². The van der Waals surface area contributed by atoms with E-state index in [0.29, 0.717) is 47.3 Å². The molecule has 4 heterocycles. The number of hydrogen-bond acceptors (Lipinski definition) is 7. The lowest BCUT2D eigenvalue weighted by molar-refractivity contribution is -0.141. The third kappa shape index (κ3) is 8.45. The molecular formula is C33H44F3N7. The molecule has 0 aliphatic carbocycles. The minimum Gasteiger partial charge on any atom is -0.384 e. The Hall–Kier alpha value is -3.69. The molecule has 0 bridgehead atoms. The first kappa shape index (κ1) is 32.2. The fourth-order valence-electron chi connectivity index (χ4n) is 6.01. The Morgan fingerprint density at radius 2 is 1.81 bits per heavy atom. The van der Waals surface area contributed by atoms with Gasteiger partial charge in [-0.2, -0.15) is 13.2 Å². The summed E-state index contributed by atoms with van der Waals surface area (Å²) < 4.78 is 39.9. The molecule has 10 heteroatoms. The van der Waals surface area contributed by atoms with E-state index in [9.17, 15) is 13.2 Å². The van der Waals surface area contributed by atoms with Crippen LogP contribution in [0.25, 0.3) is 17.1 Å². The standard InChI is InChI=1S/C33H44F3N7/c1-5-6-7-8-11-22(2)23(3)25-14-15-26(20-40-30-13-9-12-28(41-30)33(34,35)36)43(21-25)24(4)31-27(16-17-29(37)42-31)32-38-18-10-19-39-32/h9-10,12-13,16-19,22-23,25-26H,4-8,11,14-15,20-21H2,1-3H3,(H2,37,42)(H,40,41). The summed E-state index contributed by atoms with van der Waals surface area (Å²) >= 11 is 0. The number of halogens is 3. The molecule has 0 aromatic carbocycles. The fraction of sp³-hybridized carbons (Fsp3) is 0.515. The molecule has 4 unspecified atom stereocenters. The first-order valence-electron chi connectivity index (χ1n) is 15.4. The second kappa shape index (κ2) is 14.7. The maximum atomic E-state index is 13.3. The van der Waals surface area contributed by atoms with E-state index in [0.717, 1.165) is 31.0 Å².